The molecule has 0 saturated heterocycles. The Morgan fingerprint density at radius 1 is 1.15 bits per heavy atom. The van der Waals surface area contributed by atoms with E-state index < -0.39 is 0 Å². The molecule has 106 valence electrons. The third-order valence-corrected chi connectivity index (χ3v) is 3.77. The molecule has 0 aliphatic carbocycles. The number of aliphatic hydroxyl groups excluding tert-OH is 1. The largest absolute Gasteiger partial charge is 0.457 e. The van der Waals surface area contributed by atoms with Crippen LogP contribution < -0.4 is 4.74 Å². The van der Waals surface area contributed by atoms with E-state index in [1.807, 2.05) is 37.3 Å². The van der Waals surface area contributed by atoms with Crippen LogP contribution in [0.1, 0.15) is 42.9 Å². The van der Waals surface area contributed by atoms with Crippen LogP contribution in [0.2, 0.25) is 0 Å². The summed E-state index contributed by atoms with van der Waals surface area (Å²) in [5, 5.41) is 9.21. The highest BCUT2D eigenvalue weighted by Gasteiger charge is 2.10. The Labute approximate surface area is 121 Å². The van der Waals surface area contributed by atoms with E-state index in [9.17, 15) is 5.11 Å². The molecule has 0 bridgehead atoms. The quantitative estimate of drug-likeness (QED) is 0.846. The van der Waals surface area contributed by atoms with Crippen LogP contribution in [0.3, 0.4) is 0 Å². The van der Waals surface area contributed by atoms with Gasteiger partial charge in [-0.2, -0.15) is 0 Å². The average molecular weight is 270 g/mol. The number of ether oxygens (including phenoxy) is 1. The van der Waals surface area contributed by atoms with Crippen molar-refractivity contribution in [3.63, 3.8) is 0 Å². The molecule has 0 radical (unpaired) electrons. The predicted molar refractivity (Wildman–Crippen MR) is 82.3 cm³/mol. The fourth-order valence-corrected chi connectivity index (χ4v) is 2.24. The molecule has 2 heteroatoms. The molecule has 0 fully saturated rings. The molecule has 0 saturated carbocycles. The monoisotopic (exact) mass is 270 g/mol. The predicted octanol–water partition coefficient (Wildman–Crippen LogP) is 4.79. The normalized spacial score (nSPS) is 12.2. The smallest absolute Gasteiger partial charge is 0.130 e. The maximum atomic E-state index is 9.21. The highest BCUT2D eigenvalue weighted by Crippen LogP contribution is 2.32. The van der Waals surface area contributed by atoms with E-state index in [2.05, 4.69) is 26.0 Å². The molecule has 2 nitrogen and oxygen atoms in total. The second-order valence-electron chi connectivity index (χ2n) is 5.20. The summed E-state index contributed by atoms with van der Waals surface area (Å²) in [6.07, 6.45) is 1.09. The topological polar surface area (TPSA) is 29.5 Å². The summed E-state index contributed by atoms with van der Waals surface area (Å²) in [6, 6.07) is 14.0. The molecule has 1 atom stereocenters. The van der Waals surface area contributed by atoms with Gasteiger partial charge >= 0.3 is 0 Å². The molecule has 1 unspecified atom stereocenters. The lowest BCUT2D eigenvalue weighted by Crippen LogP contribution is -1.97. The van der Waals surface area contributed by atoms with Gasteiger partial charge in [-0.05, 0) is 54.2 Å². The van der Waals surface area contributed by atoms with Crippen molar-refractivity contribution >= 4 is 0 Å². The van der Waals surface area contributed by atoms with Crippen molar-refractivity contribution in [2.24, 2.45) is 0 Å². The fourth-order valence-electron chi connectivity index (χ4n) is 2.24. The summed E-state index contributed by atoms with van der Waals surface area (Å²) in [5.74, 6) is 2.21. The van der Waals surface area contributed by atoms with E-state index in [1.165, 1.54) is 5.56 Å². The molecule has 0 aromatic heterocycles. The zero-order chi connectivity index (χ0) is 14.5. The van der Waals surface area contributed by atoms with Crippen molar-refractivity contribution < 1.29 is 9.84 Å². The van der Waals surface area contributed by atoms with Gasteiger partial charge in [0, 0.05) is 0 Å². The maximum Gasteiger partial charge on any atom is 0.130 e. The van der Waals surface area contributed by atoms with Crippen molar-refractivity contribution in [2.75, 3.05) is 0 Å². The summed E-state index contributed by atoms with van der Waals surface area (Å²) in [6.45, 7) is 6.44. The summed E-state index contributed by atoms with van der Waals surface area (Å²) in [4.78, 5) is 0. The van der Waals surface area contributed by atoms with Gasteiger partial charge in [0.05, 0.1) is 6.61 Å². The van der Waals surface area contributed by atoms with Gasteiger partial charge in [0.2, 0.25) is 0 Å². The lowest BCUT2D eigenvalue weighted by molar-refractivity contribution is 0.281. The minimum Gasteiger partial charge on any atom is -0.457 e. The Morgan fingerprint density at radius 3 is 2.55 bits per heavy atom. The SMILES string of the molecule is CCC(C)c1ccccc1Oc1ccc(CO)c(C)c1. The first-order chi connectivity index (χ1) is 9.65. The number of hydrogen-bond donors (Lipinski definition) is 1. The highest BCUT2D eigenvalue weighted by molar-refractivity contribution is 5.42. The van der Waals surface area contributed by atoms with Gasteiger partial charge < -0.3 is 9.84 Å². The molecule has 0 heterocycles. The standard InChI is InChI=1S/C18H22O2/c1-4-13(2)17-7-5-6-8-18(17)20-16-10-9-15(12-19)14(3)11-16/h5-11,13,19H,4,12H2,1-3H3. The van der Waals surface area contributed by atoms with Gasteiger partial charge in [0.15, 0.2) is 0 Å². The average Bonchev–Trinajstić information content (AvgIpc) is 2.47. The van der Waals surface area contributed by atoms with Crippen LogP contribution in [0.5, 0.6) is 11.5 Å². The molecule has 20 heavy (non-hydrogen) atoms. The zero-order valence-corrected chi connectivity index (χ0v) is 12.4. The molecular weight excluding hydrogens is 248 g/mol. The second kappa shape index (κ2) is 6.58. The van der Waals surface area contributed by atoms with Gasteiger partial charge in [-0.3, -0.25) is 0 Å². The number of hydrogen-bond acceptors (Lipinski definition) is 2. The van der Waals surface area contributed by atoms with Crippen LogP contribution in [-0.4, -0.2) is 5.11 Å². The Bertz CT molecular complexity index is 575. The Morgan fingerprint density at radius 2 is 1.90 bits per heavy atom. The van der Waals surface area contributed by atoms with Crippen LogP contribution in [0.4, 0.5) is 0 Å². The van der Waals surface area contributed by atoms with Gasteiger partial charge in [-0.25, -0.2) is 0 Å². The van der Waals surface area contributed by atoms with E-state index in [0.29, 0.717) is 5.92 Å². The van der Waals surface area contributed by atoms with Crippen molar-refractivity contribution in [3.05, 3.63) is 59.2 Å². The minimum atomic E-state index is 0.0650. The van der Waals surface area contributed by atoms with Gasteiger partial charge in [0.25, 0.3) is 0 Å². The Kier molecular flexibility index (Phi) is 4.80. The van der Waals surface area contributed by atoms with Crippen molar-refractivity contribution in [1.82, 2.24) is 0 Å². The van der Waals surface area contributed by atoms with E-state index >= 15 is 0 Å². The molecule has 0 aliphatic heterocycles. The van der Waals surface area contributed by atoms with Crippen LogP contribution in [0, 0.1) is 6.92 Å². The molecule has 0 spiro atoms. The van der Waals surface area contributed by atoms with Crippen molar-refractivity contribution in [2.45, 2.75) is 39.7 Å². The molecule has 2 aromatic carbocycles. The third kappa shape index (κ3) is 3.20. The second-order valence-corrected chi connectivity index (χ2v) is 5.20. The Hall–Kier alpha value is -1.80. The minimum absolute atomic E-state index is 0.0650. The van der Waals surface area contributed by atoms with E-state index in [-0.39, 0.29) is 6.61 Å². The molecule has 2 rings (SSSR count). The number of aryl methyl sites for hydroxylation is 1. The van der Waals surface area contributed by atoms with Crippen LogP contribution in [-0.2, 0) is 6.61 Å². The number of aliphatic hydroxyl groups is 1. The first kappa shape index (κ1) is 14.6. The summed E-state index contributed by atoms with van der Waals surface area (Å²) in [5.41, 5.74) is 3.22. The number of para-hydroxylation sites is 1. The maximum absolute atomic E-state index is 9.21. The van der Waals surface area contributed by atoms with Crippen molar-refractivity contribution in [3.8, 4) is 11.5 Å². The lowest BCUT2D eigenvalue weighted by Gasteiger charge is -2.16. The molecule has 0 amide bonds. The van der Waals surface area contributed by atoms with Crippen LogP contribution >= 0.6 is 0 Å². The first-order valence-corrected chi connectivity index (χ1v) is 7.12. The first-order valence-electron chi connectivity index (χ1n) is 7.12. The summed E-state index contributed by atoms with van der Waals surface area (Å²) >= 11 is 0. The zero-order valence-electron chi connectivity index (χ0n) is 12.4. The fraction of sp³-hybridized carbons (Fsp3) is 0.333. The van der Waals surface area contributed by atoms with E-state index in [1.54, 1.807) is 0 Å². The van der Waals surface area contributed by atoms with Crippen LogP contribution in [0.15, 0.2) is 42.5 Å². The highest BCUT2D eigenvalue weighted by atomic mass is 16.5. The molecule has 0 aliphatic rings. The Balaban J connectivity index is 2.28. The van der Waals surface area contributed by atoms with E-state index in [4.69, 9.17) is 4.74 Å². The number of benzene rings is 2. The number of rotatable bonds is 5. The van der Waals surface area contributed by atoms with Gasteiger partial charge in [-0.1, -0.05) is 38.1 Å². The third-order valence-electron chi connectivity index (χ3n) is 3.77. The van der Waals surface area contributed by atoms with Crippen molar-refractivity contribution in [1.29, 1.82) is 0 Å². The van der Waals surface area contributed by atoms with Gasteiger partial charge in [-0.15, -0.1) is 0 Å². The summed E-state index contributed by atoms with van der Waals surface area (Å²) < 4.78 is 6.03. The van der Waals surface area contributed by atoms with E-state index in [0.717, 1.165) is 29.0 Å². The summed E-state index contributed by atoms with van der Waals surface area (Å²) in [7, 11) is 0. The van der Waals surface area contributed by atoms with Crippen LogP contribution in [0.25, 0.3) is 0 Å². The molecule has 2 aromatic rings. The lowest BCUT2D eigenvalue weighted by atomic mass is 9.98. The molecule has 1 N–H and O–H groups in total. The molecular formula is C18H22O2. The van der Waals surface area contributed by atoms with Gasteiger partial charge in [0.1, 0.15) is 11.5 Å².